The number of nitrogens with zero attached hydrogens (tertiary/aromatic N) is 1. The quantitative estimate of drug-likeness (QED) is 0.922. The van der Waals surface area contributed by atoms with Crippen LogP contribution in [0, 0.1) is 0 Å². The Morgan fingerprint density at radius 2 is 2.24 bits per heavy atom. The van der Waals surface area contributed by atoms with E-state index < -0.39 is 0 Å². The van der Waals surface area contributed by atoms with Crippen molar-refractivity contribution in [1.82, 2.24) is 4.90 Å². The summed E-state index contributed by atoms with van der Waals surface area (Å²) in [5, 5.41) is 0.822. The largest absolute Gasteiger partial charge is 0.491 e. The van der Waals surface area contributed by atoms with Gasteiger partial charge in [-0.2, -0.15) is 0 Å². The number of ether oxygens (including phenoxy) is 1. The number of amides is 1. The molecule has 2 atom stereocenters. The van der Waals surface area contributed by atoms with E-state index in [4.69, 9.17) is 33.7 Å². The van der Waals surface area contributed by atoms with E-state index in [0.717, 1.165) is 19.4 Å². The molecule has 0 bridgehead atoms. The molecule has 1 aliphatic heterocycles. The second-order valence-corrected chi connectivity index (χ2v) is 6.16. The Labute approximate surface area is 135 Å². The number of hydrogen-bond donors (Lipinski definition) is 1. The summed E-state index contributed by atoms with van der Waals surface area (Å²) in [7, 11) is 0. The Hall–Kier alpha value is -0.970. The van der Waals surface area contributed by atoms with Gasteiger partial charge in [0, 0.05) is 18.6 Å². The lowest BCUT2D eigenvalue weighted by atomic mass is 9.99. The zero-order valence-electron chi connectivity index (χ0n) is 12.0. The Bertz CT molecular complexity index is 510. The van der Waals surface area contributed by atoms with Gasteiger partial charge in [-0.05, 0) is 31.9 Å². The molecule has 2 rings (SSSR count). The first-order valence-electron chi connectivity index (χ1n) is 7.11. The van der Waals surface area contributed by atoms with Gasteiger partial charge < -0.3 is 15.4 Å². The molecule has 4 nitrogen and oxygen atoms in total. The van der Waals surface area contributed by atoms with Crippen LogP contribution in [-0.4, -0.2) is 36.0 Å². The maximum absolute atomic E-state index is 12.2. The highest BCUT2D eigenvalue weighted by atomic mass is 35.5. The third-order valence-electron chi connectivity index (χ3n) is 3.73. The molecule has 1 saturated heterocycles. The smallest absolute Gasteiger partial charge is 0.226 e. The number of piperidine rings is 1. The van der Waals surface area contributed by atoms with E-state index in [1.807, 2.05) is 11.8 Å². The normalized spacial score (nSPS) is 22.2. The van der Waals surface area contributed by atoms with Gasteiger partial charge >= 0.3 is 0 Å². The van der Waals surface area contributed by atoms with E-state index in [9.17, 15) is 4.79 Å². The number of carbonyl (C=O) groups is 1. The van der Waals surface area contributed by atoms with Gasteiger partial charge in [0.15, 0.2) is 0 Å². The van der Waals surface area contributed by atoms with Gasteiger partial charge in [-0.15, -0.1) is 0 Å². The van der Waals surface area contributed by atoms with Crippen molar-refractivity contribution in [2.45, 2.75) is 38.3 Å². The molecule has 1 fully saturated rings. The lowest BCUT2D eigenvalue weighted by molar-refractivity contribution is -0.135. The van der Waals surface area contributed by atoms with Crippen LogP contribution in [-0.2, 0) is 4.79 Å². The van der Waals surface area contributed by atoms with Crippen LogP contribution in [0.25, 0.3) is 0 Å². The fourth-order valence-corrected chi connectivity index (χ4v) is 2.91. The highest BCUT2D eigenvalue weighted by molar-refractivity contribution is 6.42. The minimum atomic E-state index is 0.0903. The fourth-order valence-electron chi connectivity index (χ4n) is 2.57. The summed E-state index contributed by atoms with van der Waals surface area (Å²) < 4.78 is 5.55. The van der Waals surface area contributed by atoms with E-state index in [2.05, 4.69) is 0 Å². The maximum atomic E-state index is 12.2. The first kappa shape index (κ1) is 16.4. The number of carbonyl (C=O) groups excluding carboxylic acids is 1. The fraction of sp³-hybridized carbons (Fsp3) is 0.533. The van der Waals surface area contributed by atoms with Gasteiger partial charge in [-0.25, -0.2) is 0 Å². The molecule has 1 aliphatic rings. The van der Waals surface area contributed by atoms with Crippen LogP contribution in [0.4, 0.5) is 0 Å². The molecule has 2 N–H and O–H groups in total. The molecular formula is C15H20Cl2N2O2. The summed E-state index contributed by atoms with van der Waals surface area (Å²) in [6.07, 6.45) is 2.03. The molecule has 0 spiro atoms. The van der Waals surface area contributed by atoms with Crippen LogP contribution in [0.15, 0.2) is 18.2 Å². The van der Waals surface area contributed by atoms with Gasteiger partial charge in [0.1, 0.15) is 10.8 Å². The average Bonchev–Trinajstić information content (AvgIpc) is 2.43. The average molecular weight is 331 g/mol. The van der Waals surface area contributed by atoms with E-state index in [-0.39, 0.29) is 24.6 Å². The Morgan fingerprint density at radius 3 is 2.95 bits per heavy atom. The van der Waals surface area contributed by atoms with Gasteiger partial charge in [-0.1, -0.05) is 29.3 Å². The summed E-state index contributed by atoms with van der Waals surface area (Å²) in [6.45, 7) is 3.04. The van der Waals surface area contributed by atoms with Crippen LogP contribution < -0.4 is 10.5 Å². The molecule has 1 aromatic carbocycles. The third-order valence-corrected chi connectivity index (χ3v) is 4.53. The lowest BCUT2D eigenvalue weighted by Gasteiger charge is -2.36. The molecule has 2 unspecified atom stereocenters. The highest BCUT2D eigenvalue weighted by Gasteiger charge is 2.26. The highest BCUT2D eigenvalue weighted by Crippen LogP contribution is 2.31. The molecule has 0 radical (unpaired) electrons. The number of likely N-dealkylation sites (tertiary alicyclic amines) is 1. The van der Waals surface area contributed by atoms with E-state index in [1.165, 1.54) is 0 Å². The van der Waals surface area contributed by atoms with Gasteiger partial charge in [-0.3, -0.25) is 4.79 Å². The first-order chi connectivity index (χ1) is 9.99. The van der Waals surface area contributed by atoms with Crippen LogP contribution in [0.2, 0.25) is 10.0 Å². The topological polar surface area (TPSA) is 55.6 Å². The van der Waals surface area contributed by atoms with Crippen LogP contribution >= 0.6 is 23.2 Å². The first-order valence-corrected chi connectivity index (χ1v) is 7.86. The van der Waals surface area contributed by atoms with Crippen molar-refractivity contribution in [2.75, 3.05) is 13.2 Å². The predicted octanol–water partition coefficient (Wildman–Crippen LogP) is 3.10. The molecule has 0 saturated carbocycles. The SMILES string of the molecule is CC1CC(N)CCN1C(=O)CCOc1cccc(Cl)c1Cl. The van der Waals surface area contributed by atoms with Gasteiger partial charge in [0.05, 0.1) is 18.1 Å². The number of nitrogens with two attached hydrogens (primary N) is 1. The molecule has 0 aliphatic carbocycles. The molecule has 6 heteroatoms. The molecule has 1 aromatic rings. The zero-order valence-corrected chi connectivity index (χ0v) is 13.5. The van der Waals surface area contributed by atoms with Crippen molar-refractivity contribution >= 4 is 29.1 Å². The standard InChI is InChI=1S/C15H20Cl2N2O2/c1-10-9-11(18)5-7-19(10)14(20)6-8-21-13-4-2-3-12(16)15(13)17/h2-4,10-11H,5-9,18H2,1H3. The molecule has 116 valence electrons. The summed E-state index contributed by atoms with van der Waals surface area (Å²) in [6, 6.07) is 5.59. The summed E-state index contributed by atoms with van der Waals surface area (Å²) in [4.78, 5) is 14.1. The van der Waals surface area contributed by atoms with Crippen molar-refractivity contribution < 1.29 is 9.53 Å². The lowest BCUT2D eigenvalue weighted by Crippen LogP contribution is -2.48. The van der Waals surface area contributed by atoms with Crippen molar-refractivity contribution in [3.05, 3.63) is 28.2 Å². The van der Waals surface area contributed by atoms with E-state index >= 15 is 0 Å². The van der Waals surface area contributed by atoms with Crippen LogP contribution in [0.1, 0.15) is 26.2 Å². The number of benzene rings is 1. The summed E-state index contributed by atoms with van der Waals surface area (Å²) in [5.41, 5.74) is 5.90. The second-order valence-electron chi connectivity index (χ2n) is 5.37. The molecule has 1 amide bonds. The maximum Gasteiger partial charge on any atom is 0.226 e. The van der Waals surface area contributed by atoms with Gasteiger partial charge in [0.2, 0.25) is 5.91 Å². The summed E-state index contributed by atoms with van der Waals surface area (Å²) in [5.74, 6) is 0.596. The van der Waals surface area contributed by atoms with Crippen molar-refractivity contribution in [3.63, 3.8) is 0 Å². The van der Waals surface area contributed by atoms with Crippen LogP contribution in [0.3, 0.4) is 0 Å². The van der Waals surface area contributed by atoms with Gasteiger partial charge in [0.25, 0.3) is 0 Å². The number of hydrogen-bond acceptors (Lipinski definition) is 3. The Morgan fingerprint density at radius 1 is 1.48 bits per heavy atom. The van der Waals surface area contributed by atoms with Crippen molar-refractivity contribution in [2.24, 2.45) is 5.73 Å². The predicted molar refractivity (Wildman–Crippen MR) is 85.0 cm³/mol. The van der Waals surface area contributed by atoms with E-state index in [0.29, 0.717) is 22.2 Å². The minimum Gasteiger partial charge on any atom is -0.491 e. The van der Waals surface area contributed by atoms with Crippen LogP contribution in [0.5, 0.6) is 5.75 Å². The zero-order chi connectivity index (χ0) is 15.4. The summed E-state index contributed by atoms with van der Waals surface area (Å²) >= 11 is 11.9. The second kappa shape index (κ2) is 7.34. The monoisotopic (exact) mass is 330 g/mol. The third kappa shape index (κ3) is 4.25. The molecule has 21 heavy (non-hydrogen) atoms. The minimum absolute atomic E-state index is 0.0903. The van der Waals surface area contributed by atoms with E-state index in [1.54, 1.807) is 18.2 Å². The van der Waals surface area contributed by atoms with Crippen molar-refractivity contribution in [3.8, 4) is 5.75 Å². The number of rotatable bonds is 4. The van der Waals surface area contributed by atoms with Crippen molar-refractivity contribution in [1.29, 1.82) is 0 Å². The Balaban J connectivity index is 1.83. The molecular weight excluding hydrogens is 311 g/mol. The molecule has 1 heterocycles. The number of halogens is 2. The molecule has 0 aromatic heterocycles. The Kier molecular flexibility index (Phi) is 5.73.